The summed E-state index contributed by atoms with van der Waals surface area (Å²) in [6.07, 6.45) is 0. The lowest BCUT2D eigenvalue weighted by Gasteiger charge is -2.08. The number of amides is 1. The van der Waals surface area contributed by atoms with Gasteiger partial charge >= 0.3 is 0 Å². The number of rotatable bonds is 8. The van der Waals surface area contributed by atoms with E-state index in [9.17, 15) is 4.79 Å². The number of hydrogen-bond donors (Lipinski definition) is 2. The number of para-hydroxylation sites is 1. The number of hydrogen-bond acceptors (Lipinski definition) is 5. The van der Waals surface area contributed by atoms with Crippen LogP contribution in [0.4, 0.5) is 0 Å². The van der Waals surface area contributed by atoms with Crippen molar-refractivity contribution in [3.05, 3.63) is 29.8 Å². The third-order valence-corrected chi connectivity index (χ3v) is 2.17. The van der Waals surface area contributed by atoms with E-state index in [-0.39, 0.29) is 25.7 Å². The van der Waals surface area contributed by atoms with Crippen LogP contribution in [0.1, 0.15) is 5.56 Å². The third kappa shape index (κ3) is 5.86. The van der Waals surface area contributed by atoms with Gasteiger partial charge in [-0.15, -0.1) is 0 Å². The Balaban J connectivity index is 2.25. The van der Waals surface area contributed by atoms with Gasteiger partial charge in [-0.2, -0.15) is 5.26 Å². The van der Waals surface area contributed by atoms with Crippen molar-refractivity contribution in [2.45, 2.75) is 0 Å². The molecule has 6 nitrogen and oxygen atoms in total. The van der Waals surface area contributed by atoms with E-state index < -0.39 is 0 Å². The first-order valence-electron chi connectivity index (χ1n) is 5.85. The van der Waals surface area contributed by atoms with E-state index >= 15 is 0 Å². The Hall–Kier alpha value is -2.10. The van der Waals surface area contributed by atoms with Gasteiger partial charge in [0, 0.05) is 6.54 Å². The Kier molecular flexibility index (Phi) is 7.02. The van der Waals surface area contributed by atoms with Crippen LogP contribution in [0.3, 0.4) is 0 Å². The zero-order valence-corrected chi connectivity index (χ0v) is 10.5. The SMILES string of the molecule is N#Cc1ccccc1OCC(=O)NCCOCCO. The van der Waals surface area contributed by atoms with Crippen molar-refractivity contribution in [3.8, 4) is 11.8 Å². The molecule has 6 heteroatoms. The minimum Gasteiger partial charge on any atom is -0.482 e. The van der Waals surface area contributed by atoms with E-state index in [1.807, 2.05) is 6.07 Å². The highest BCUT2D eigenvalue weighted by atomic mass is 16.5. The van der Waals surface area contributed by atoms with E-state index in [0.29, 0.717) is 24.5 Å². The van der Waals surface area contributed by atoms with Crippen molar-refractivity contribution < 1.29 is 19.4 Å². The number of ether oxygens (including phenoxy) is 2. The van der Waals surface area contributed by atoms with E-state index in [2.05, 4.69) is 5.32 Å². The van der Waals surface area contributed by atoms with Crippen molar-refractivity contribution in [2.75, 3.05) is 33.0 Å². The van der Waals surface area contributed by atoms with Gasteiger partial charge in [0.05, 0.1) is 25.4 Å². The molecule has 2 N–H and O–H groups in total. The summed E-state index contributed by atoms with van der Waals surface area (Å²) < 4.78 is 10.2. The lowest BCUT2D eigenvalue weighted by atomic mass is 10.2. The molecule has 0 fully saturated rings. The Morgan fingerprint density at radius 1 is 1.37 bits per heavy atom. The fourth-order valence-electron chi connectivity index (χ4n) is 1.31. The topological polar surface area (TPSA) is 91.6 Å². The molecule has 1 aromatic carbocycles. The molecule has 102 valence electrons. The number of benzene rings is 1. The molecule has 0 saturated heterocycles. The molecule has 0 aliphatic carbocycles. The summed E-state index contributed by atoms with van der Waals surface area (Å²) in [5, 5.41) is 19.9. The average Bonchev–Trinajstić information content (AvgIpc) is 2.45. The summed E-state index contributed by atoms with van der Waals surface area (Å²) in [6.45, 7) is 0.742. The second-order valence-electron chi connectivity index (χ2n) is 3.58. The van der Waals surface area contributed by atoms with Crippen molar-refractivity contribution in [1.29, 1.82) is 5.26 Å². The highest BCUT2D eigenvalue weighted by molar-refractivity contribution is 5.77. The smallest absolute Gasteiger partial charge is 0.258 e. The standard InChI is InChI=1S/C13H16N2O4/c14-9-11-3-1-2-4-12(11)19-10-13(17)15-5-7-18-8-6-16/h1-4,16H,5-8,10H2,(H,15,17). The van der Waals surface area contributed by atoms with Crippen LogP contribution in [-0.2, 0) is 9.53 Å². The summed E-state index contributed by atoms with van der Waals surface area (Å²) in [7, 11) is 0. The maximum absolute atomic E-state index is 11.4. The molecule has 1 amide bonds. The Labute approximate surface area is 111 Å². The lowest BCUT2D eigenvalue weighted by Crippen LogP contribution is -2.31. The van der Waals surface area contributed by atoms with E-state index in [1.165, 1.54) is 0 Å². The zero-order chi connectivity index (χ0) is 13.9. The van der Waals surface area contributed by atoms with Crippen LogP contribution in [0, 0.1) is 11.3 Å². The molecule has 0 radical (unpaired) electrons. The first-order chi connectivity index (χ1) is 9.27. The molecule has 0 spiro atoms. The van der Waals surface area contributed by atoms with Gasteiger partial charge in [-0.05, 0) is 12.1 Å². The summed E-state index contributed by atoms with van der Waals surface area (Å²) >= 11 is 0. The number of carbonyl (C=O) groups is 1. The van der Waals surface area contributed by atoms with E-state index in [4.69, 9.17) is 19.8 Å². The van der Waals surface area contributed by atoms with Crippen LogP contribution < -0.4 is 10.1 Å². The monoisotopic (exact) mass is 264 g/mol. The molecule has 0 atom stereocenters. The van der Waals surface area contributed by atoms with Gasteiger partial charge in [-0.1, -0.05) is 12.1 Å². The largest absolute Gasteiger partial charge is 0.482 e. The molecule has 1 aromatic rings. The molecule has 0 aliphatic rings. The highest BCUT2D eigenvalue weighted by Gasteiger charge is 2.05. The first-order valence-corrected chi connectivity index (χ1v) is 5.85. The first kappa shape index (κ1) is 15.0. The molecule has 0 saturated carbocycles. The van der Waals surface area contributed by atoms with Crippen LogP contribution in [0.15, 0.2) is 24.3 Å². The van der Waals surface area contributed by atoms with Gasteiger partial charge < -0.3 is 19.9 Å². The second-order valence-corrected chi connectivity index (χ2v) is 3.58. The second kappa shape index (κ2) is 8.91. The highest BCUT2D eigenvalue weighted by Crippen LogP contribution is 2.15. The minimum absolute atomic E-state index is 0.0397. The summed E-state index contributed by atoms with van der Waals surface area (Å²) in [6, 6.07) is 8.70. The van der Waals surface area contributed by atoms with Crippen LogP contribution in [0.25, 0.3) is 0 Å². The van der Waals surface area contributed by atoms with Crippen molar-refractivity contribution >= 4 is 5.91 Å². The van der Waals surface area contributed by atoms with Crippen molar-refractivity contribution in [1.82, 2.24) is 5.32 Å². The predicted octanol–water partition coefficient (Wildman–Crippen LogP) is 0.0622. The van der Waals surface area contributed by atoms with Crippen LogP contribution in [0.5, 0.6) is 5.75 Å². The fourth-order valence-corrected chi connectivity index (χ4v) is 1.31. The number of nitrogens with zero attached hydrogens (tertiary/aromatic N) is 1. The normalized spacial score (nSPS) is 9.68. The lowest BCUT2D eigenvalue weighted by molar-refractivity contribution is -0.123. The van der Waals surface area contributed by atoms with E-state index in [1.54, 1.807) is 24.3 Å². The molecule has 0 unspecified atom stereocenters. The number of aliphatic hydroxyl groups is 1. The quantitative estimate of drug-likeness (QED) is 0.648. The number of aliphatic hydroxyl groups excluding tert-OH is 1. The summed E-state index contributed by atoms with van der Waals surface area (Å²) in [5.41, 5.74) is 0.390. The van der Waals surface area contributed by atoms with Gasteiger partial charge in [0.25, 0.3) is 5.91 Å². The number of nitrogens with one attached hydrogen (secondary N) is 1. The summed E-state index contributed by atoms with van der Waals surface area (Å²) in [4.78, 5) is 11.4. The minimum atomic E-state index is -0.291. The van der Waals surface area contributed by atoms with Crippen LogP contribution >= 0.6 is 0 Å². The molecular formula is C13H16N2O4. The van der Waals surface area contributed by atoms with Gasteiger partial charge in [0.1, 0.15) is 11.8 Å². The fraction of sp³-hybridized carbons (Fsp3) is 0.385. The molecule has 1 rings (SSSR count). The van der Waals surface area contributed by atoms with Crippen LogP contribution in [0.2, 0.25) is 0 Å². The molecule has 0 aliphatic heterocycles. The van der Waals surface area contributed by atoms with Crippen molar-refractivity contribution in [2.24, 2.45) is 0 Å². The average molecular weight is 264 g/mol. The van der Waals surface area contributed by atoms with Gasteiger partial charge in [-0.25, -0.2) is 0 Å². The Morgan fingerprint density at radius 2 is 2.16 bits per heavy atom. The van der Waals surface area contributed by atoms with Gasteiger partial charge in [-0.3, -0.25) is 4.79 Å². The molecule has 0 bridgehead atoms. The molecule has 19 heavy (non-hydrogen) atoms. The Bertz CT molecular complexity index is 443. The summed E-state index contributed by atoms with van der Waals surface area (Å²) in [5.74, 6) is 0.0945. The molecule has 0 aromatic heterocycles. The van der Waals surface area contributed by atoms with Gasteiger partial charge in [0.15, 0.2) is 6.61 Å². The Morgan fingerprint density at radius 3 is 2.89 bits per heavy atom. The molecule has 0 heterocycles. The van der Waals surface area contributed by atoms with Crippen LogP contribution in [-0.4, -0.2) is 44.0 Å². The van der Waals surface area contributed by atoms with Gasteiger partial charge in [0.2, 0.25) is 0 Å². The van der Waals surface area contributed by atoms with Crippen molar-refractivity contribution in [3.63, 3.8) is 0 Å². The number of carbonyl (C=O) groups excluding carboxylic acids is 1. The third-order valence-electron chi connectivity index (χ3n) is 2.17. The maximum atomic E-state index is 11.4. The predicted molar refractivity (Wildman–Crippen MR) is 67.6 cm³/mol. The zero-order valence-electron chi connectivity index (χ0n) is 10.5. The maximum Gasteiger partial charge on any atom is 0.258 e. The number of nitriles is 1. The van der Waals surface area contributed by atoms with E-state index in [0.717, 1.165) is 0 Å². The molecular weight excluding hydrogens is 248 g/mol.